The second kappa shape index (κ2) is 13.9. The molecule has 1 aromatic carbocycles. The third-order valence-corrected chi connectivity index (χ3v) is 4.56. The van der Waals surface area contributed by atoms with Gasteiger partial charge in [-0.15, -0.1) is 0 Å². The molecule has 0 heteroatoms. The molecule has 0 fully saturated rings. The van der Waals surface area contributed by atoms with Gasteiger partial charge in [0.25, 0.3) is 0 Å². The summed E-state index contributed by atoms with van der Waals surface area (Å²) in [5.41, 5.74) is 3.02. The van der Waals surface area contributed by atoms with Crippen molar-refractivity contribution in [2.75, 3.05) is 0 Å². The van der Waals surface area contributed by atoms with Gasteiger partial charge in [0.05, 0.1) is 0 Å². The van der Waals surface area contributed by atoms with Gasteiger partial charge in [-0.25, -0.2) is 0 Å². The van der Waals surface area contributed by atoms with Gasteiger partial charge in [0.15, 0.2) is 0 Å². The summed E-state index contributed by atoms with van der Waals surface area (Å²) < 4.78 is 0. The van der Waals surface area contributed by atoms with Crippen LogP contribution < -0.4 is 0 Å². The monoisotopic (exact) mass is 301 g/mol. The molecule has 0 N–H and O–H groups in total. The van der Waals surface area contributed by atoms with E-state index in [9.17, 15) is 0 Å². The summed E-state index contributed by atoms with van der Waals surface area (Å²) in [6, 6.07) is 9.37. The zero-order valence-corrected chi connectivity index (χ0v) is 14.9. The maximum atomic E-state index is 3.90. The number of rotatable bonds is 14. The molecule has 0 saturated carbocycles. The van der Waals surface area contributed by atoms with Crippen LogP contribution in [0.15, 0.2) is 24.3 Å². The van der Waals surface area contributed by atoms with Crippen molar-refractivity contribution in [3.63, 3.8) is 0 Å². The molecule has 0 atom stereocenters. The summed E-state index contributed by atoms with van der Waals surface area (Å²) in [7, 11) is 0. The van der Waals surface area contributed by atoms with E-state index in [0.29, 0.717) is 0 Å². The van der Waals surface area contributed by atoms with Gasteiger partial charge in [-0.1, -0.05) is 102 Å². The topological polar surface area (TPSA) is 0 Å². The molecule has 1 rings (SSSR count). The highest BCUT2D eigenvalue weighted by Gasteiger charge is 1.97. The Morgan fingerprint density at radius 2 is 1.00 bits per heavy atom. The molecular weight excluding hydrogens is 264 g/mol. The Bertz CT molecular complexity index is 336. The second-order valence-corrected chi connectivity index (χ2v) is 6.71. The maximum Gasteiger partial charge on any atom is -0.0279 e. The lowest BCUT2D eigenvalue weighted by Crippen LogP contribution is -1.89. The predicted octanol–water partition coefficient (Wildman–Crippen LogP) is 7.31. The van der Waals surface area contributed by atoms with E-state index in [2.05, 4.69) is 38.1 Å². The van der Waals surface area contributed by atoms with Crippen LogP contribution in [-0.4, -0.2) is 0 Å². The molecule has 0 spiro atoms. The van der Waals surface area contributed by atoms with Crippen molar-refractivity contribution < 1.29 is 0 Å². The standard InChI is InChI=1S/C22H37/c1-3-5-7-9-10-11-12-14-16-22-19-17-21(18-20-22)15-13-8-6-4-2/h17-20H,2-16H2,1H3. The van der Waals surface area contributed by atoms with Crippen LogP contribution in [0.25, 0.3) is 0 Å². The van der Waals surface area contributed by atoms with Crippen LogP contribution in [-0.2, 0) is 12.8 Å². The van der Waals surface area contributed by atoms with Crippen LogP contribution in [0.5, 0.6) is 0 Å². The van der Waals surface area contributed by atoms with E-state index < -0.39 is 0 Å². The number of unbranched alkanes of at least 4 members (excludes halogenated alkanes) is 10. The van der Waals surface area contributed by atoms with Gasteiger partial charge in [0, 0.05) is 0 Å². The van der Waals surface area contributed by atoms with Gasteiger partial charge < -0.3 is 0 Å². The van der Waals surface area contributed by atoms with Crippen molar-refractivity contribution in [3.8, 4) is 0 Å². The highest BCUT2D eigenvalue weighted by molar-refractivity contribution is 5.22. The third-order valence-electron chi connectivity index (χ3n) is 4.56. The lowest BCUT2D eigenvalue weighted by Gasteiger charge is -2.05. The Hall–Kier alpha value is -0.780. The summed E-state index contributed by atoms with van der Waals surface area (Å²) >= 11 is 0. The van der Waals surface area contributed by atoms with Gasteiger partial charge in [-0.2, -0.15) is 0 Å². The van der Waals surface area contributed by atoms with E-state index in [1.54, 1.807) is 0 Å². The highest BCUT2D eigenvalue weighted by Crippen LogP contribution is 2.13. The van der Waals surface area contributed by atoms with Crippen LogP contribution in [0, 0.1) is 6.92 Å². The van der Waals surface area contributed by atoms with Gasteiger partial charge in [-0.3, -0.25) is 0 Å². The second-order valence-electron chi connectivity index (χ2n) is 6.71. The first-order valence-corrected chi connectivity index (χ1v) is 9.74. The van der Waals surface area contributed by atoms with Crippen LogP contribution >= 0.6 is 0 Å². The average Bonchev–Trinajstić information content (AvgIpc) is 2.55. The van der Waals surface area contributed by atoms with Crippen molar-refractivity contribution in [1.29, 1.82) is 0 Å². The molecule has 0 aliphatic heterocycles. The van der Waals surface area contributed by atoms with Gasteiger partial charge in [0.1, 0.15) is 0 Å². The van der Waals surface area contributed by atoms with Crippen molar-refractivity contribution >= 4 is 0 Å². The SMILES string of the molecule is [CH2]CCCCCc1ccc(CCCCCCCCCC)cc1. The fourth-order valence-corrected chi connectivity index (χ4v) is 3.02. The lowest BCUT2D eigenvalue weighted by molar-refractivity contribution is 0.575. The van der Waals surface area contributed by atoms with Gasteiger partial charge in [-0.05, 0) is 36.8 Å². The average molecular weight is 302 g/mol. The van der Waals surface area contributed by atoms with E-state index in [0.717, 1.165) is 6.42 Å². The summed E-state index contributed by atoms with van der Waals surface area (Å²) in [4.78, 5) is 0. The van der Waals surface area contributed by atoms with Crippen molar-refractivity contribution in [2.24, 2.45) is 0 Å². The molecular formula is C22H37. The van der Waals surface area contributed by atoms with Crippen LogP contribution in [0.2, 0.25) is 0 Å². The summed E-state index contributed by atoms with van der Waals surface area (Å²) in [6.45, 7) is 6.19. The molecule has 125 valence electrons. The molecule has 1 aromatic rings. The molecule has 22 heavy (non-hydrogen) atoms. The van der Waals surface area contributed by atoms with E-state index in [-0.39, 0.29) is 0 Å². The zero-order chi connectivity index (χ0) is 15.9. The van der Waals surface area contributed by atoms with E-state index in [1.807, 2.05) is 0 Å². The molecule has 1 radical (unpaired) electrons. The predicted molar refractivity (Wildman–Crippen MR) is 100 cm³/mol. The Morgan fingerprint density at radius 1 is 0.591 bits per heavy atom. The molecule has 0 nitrogen and oxygen atoms in total. The number of hydrogen-bond donors (Lipinski definition) is 0. The fraction of sp³-hybridized carbons (Fsp3) is 0.682. The number of hydrogen-bond acceptors (Lipinski definition) is 0. The lowest BCUT2D eigenvalue weighted by atomic mass is 10.0. The fourth-order valence-electron chi connectivity index (χ4n) is 3.02. The smallest absolute Gasteiger partial charge is 0.0279 e. The van der Waals surface area contributed by atoms with Crippen molar-refractivity contribution in [3.05, 3.63) is 42.3 Å². The number of benzene rings is 1. The maximum absolute atomic E-state index is 3.90. The first-order valence-electron chi connectivity index (χ1n) is 9.74. The Balaban J connectivity index is 2.04. The first kappa shape index (κ1) is 19.3. The Labute approximate surface area is 139 Å². The summed E-state index contributed by atoms with van der Waals surface area (Å²) in [5, 5.41) is 0. The molecule has 0 bridgehead atoms. The minimum absolute atomic E-state index is 1.08. The summed E-state index contributed by atoms with van der Waals surface area (Å²) in [5.74, 6) is 0. The summed E-state index contributed by atoms with van der Waals surface area (Å²) in [6.07, 6.45) is 18.8. The molecule has 0 amide bonds. The van der Waals surface area contributed by atoms with E-state index >= 15 is 0 Å². The first-order chi connectivity index (χ1) is 10.9. The Morgan fingerprint density at radius 3 is 1.45 bits per heavy atom. The molecule has 0 aliphatic carbocycles. The van der Waals surface area contributed by atoms with Crippen molar-refractivity contribution in [2.45, 2.75) is 96.8 Å². The quantitative estimate of drug-likeness (QED) is 0.316. The van der Waals surface area contributed by atoms with Crippen LogP contribution in [0.1, 0.15) is 95.1 Å². The van der Waals surface area contributed by atoms with Crippen LogP contribution in [0.4, 0.5) is 0 Å². The van der Waals surface area contributed by atoms with E-state index in [4.69, 9.17) is 0 Å². The van der Waals surface area contributed by atoms with Gasteiger partial charge in [0.2, 0.25) is 0 Å². The Kier molecular flexibility index (Phi) is 12.1. The minimum atomic E-state index is 1.08. The molecule has 0 aromatic heterocycles. The molecule has 0 unspecified atom stereocenters. The third kappa shape index (κ3) is 10.0. The van der Waals surface area contributed by atoms with E-state index in [1.165, 1.54) is 94.6 Å². The highest BCUT2D eigenvalue weighted by atomic mass is 14.0. The molecule has 0 saturated heterocycles. The largest absolute Gasteiger partial charge is 0.0654 e. The van der Waals surface area contributed by atoms with Crippen molar-refractivity contribution in [1.82, 2.24) is 0 Å². The number of aryl methyl sites for hydroxylation is 2. The molecule has 0 aliphatic rings. The van der Waals surface area contributed by atoms with Gasteiger partial charge >= 0.3 is 0 Å². The molecule has 0 heterocycles. The van der Waals surface area contributed by atoms with Crippen LogP contribution in [0.3, 0.4) is 0 Å². The normalized spacial score (nSPS) is 11.0. The zero-order valence-electron chi connectivity index (χ0n) is 14.9. The minimum Gasteiger partial charge on any atom is -0.0654 e.